The van der Waals surface area contributed by atoms with E-state index in [-0.39, 0.29) is 43.9 Å². The molecule has 2 rings (SSSR count). The normalized spacial score (nSPS) is 13.9. The molecule has 24 heteroatoms. The number of carboxylic acids is 1. The number of H-pyrrole nitrogens is 1. The van der Waals surface area contributed by atoms with Gasteiger partial charge in [-0.2, -0.15) is 0 Å². The largest absolute Gasteiger partial charge is 0.508 e. The molecule has 18 N–H and O–H groups in total. The number of aromatic hydroxyl groups is 1. The second kappa shape index (κ2) is 24.1. The van der Waals surface area contributed by atoms with E-state index in [1.165, 1.54) is 36.8 Å². The number of amides is 7. The minimum absolute atomic E-state index is 0.0149. The predicted octanol–water partition coefficient (Wildman–Crippen LogP) is -5.57. The van der Waals surface area contributed by atoms with Crippen molar-refractivity contribution in [2.45, 2.75) is 82.2 Å². The van der Waals surface area contributed by atoms with Gasteiger partial charge in [-0.05, 0) is 36.5 Å². The molecule has 1 heterocycles. The van der Waals surface area contributed by atoms with Crippen molar-refractivity contribution in [1.82, 2.24) is 41.9 Å². The third-order valence-corrected chi connectivity index (χ3v) is 8.44. The Morgan fingerprint density at radius 3 is 1.92 bits per heavy atom. The van der Waals surface area contributed by atoms with Crippen molar-refractivity contribution in [2.75, 3.05) is 19.7 Å². The average molecular weight is 832 g/mol. The first kappa shape index (κ1) is 48.3. The fourth-order valence-electron chi connectivity index (χ4n) is 5.29. The minimum Gasteiger partial charge on any atom is -0.508 e. The lowest BCUT2D eigenvalue weighted by atomic mass is 10.0. The van der Waals surface area contributed by atoms with Gasteiger partial charge in [0.2, 0.25) is 41.4 Å². The Balaban J connectivity index is 2.42. The summed E-state index contributed by atoms with van der Waals surface area (Å²) in [6.45, 7) is 1.73. The highest BCUT2D eigenvalue weighted by atomic mass is 16.4. The van der Waals surface area contributed by atoms with Crippen LogP contribution < -0.4 is 54.8 Å². The van der Waals surface area contributed by atoms with Crippen LogP contribution in [-0.4, -0.2) is 135 Å². The van der Waals surface area contributed by atoms with E-state index in [9.17, 15) is 53.7 Å². The van der Waals surface area contributed by atoms with Gasteiger partial charge in [-0.25, -0.2) is 9.78 Å². The molecule has 0 bridgehead atoms. The number of hydrogen-bond donors (Lipinski definition) is 14. The summed E-state index contributed by atoms with van der Waals surface area (Å²) in [5.41, 5.74) is 22.5. The zero-order valence-corrected chi connectivity index (χ0v) is 32.5. The summed E-state index contributed by atoms with van der Waals surface area (Å²) in [6, 6.07) is -2.99. The van der Waals surface area contributed by atoms with Crippen molar-refractivity contribution < 1.29 is 53.7 Å². The highest BCUT2D eigenvalue weighted by molar-refractivity contribution is 5.97. The number of aliphatic hydroxyl groups excluding tert-OH is 1. The number of nitrogens with one attached hydrogen (secondary N) is 7. The van der Waals surface area contributed by atoms with Gasteiger partial charge < -0.3 is 75.1 Å². The number of imidazole rings is 1. The zero-order valence-electron chi connectivity index (χ0n) is 32.5. The average Bonchev–Trinajstić information content (AvgIpc) is 3.69. The number of rotatable bonds is 25. The number of phenolic OH excluding ortho intramolecular Hbond substituents is 1. The van der Waals surface area contributed by atoms with Gasteiger partial charge in [-0.3, -0.25) is 38.6 Å². The molecule has 0 aliphatic carbocycles. The number of aliphatic imine (C=N–C) groups is 1. The molecule has 0 aliphatic heterocycles. The first-order chi connectivity index (χ1) is 27.8. The molecule has 0 spiro atoms. The molecule has 0 radical (unpaired) electrons. The number of phenols is 1. The lowest BCUT2D eigenvalue weighted by Crippen LogP contribution is -2.60. The summed E-state index contributed by atoms with van der Waals surface area (Å²) in [6.07, 6.45) is 1.50. The van der Waals surface area contributed by atoms with Crippen LogP contribution in [0.2, 0.25) is 0 Å². The van der Waals surface area contributed by atoms with E-state index >= 15 is 0 Å². The monoisotopic (exact) mass is 831 g/mol. The van der Waals surface area contributed by atoms with Gasteiger partial charge in [-0.15, -0.1) is 0 Å². The van der Waals surface area contributed by atoms with E-state index in [4.69, 9.17) is 22.9 Å². The Bertz CT molecular complexity index is 1790. The lowest BCUT2D eigenvalue weighted by Gasteiger charge is -2.26. The SMILES string of the molecule is CC(C)[C@H](NC(=O)CNC(=O)[C@H](Cc1ccc(O)cc1)NC(=O)[C@H](CCCN=C(N)N)NC(=O)[C@H](Cc1cnc[nH]1)NC(=O)[C@H](CC(N)=O)NC(=O)[C@@H](N)CO)C(=O)O. The molecule has 24 nitrogen and oxygen atoms in total. The molecule has 1 aromatic heterocycles. The highest BCUT2D eigenvalue weighted by Crippen LogP contribution is 2.13. The molecule has 0 saturated carbocycles. The zero-order chi connectivity index (χ0) is 44.2. The van der Waals surface area contributed by atoms with Crippen molar-refractivity contribution in [3.63, 3.8) is 0 Å². The Labute approximate surface area is 338 Å². The van der Waals surface area contributed by atoms with Crippen LogP contribution in [-0.2, 0) is 51.2 Å². The summed E-state index contributed by atoms with van der Waals surface area (Å²) in [5.74, 6) is -8.65. The van der Waals surface area contributed by atoms with Crippen LogP contribution in [0.1, 0.15) is 44.4 Å². The number of nitrogens with zero attached hydrogens (tertiary/aromatic N) is 2. The molecular weight excluding hydrogens is 778 g/mol. The Kier molecular flexibility index (Phi) is 19.7. The third kappa shape index (κ3) is 17.5. The van der Waals surface area contributed by atoms with E-state index < -0.39 is 109 Å². The minimum atomic E-state index is -1.63. The molecule has 0 unspecified atom stereocenters. The first-order valence-corrected chi connectivity index (χ1v) is 18.3. The van der Waals surface area contributed by atoms with E-state index in [2.05, 4.69) is 46.9 Å². The van der Waals surface area contributed by atoms with Gasteiger partial charge in [0.05, 0.1) is 25.9 Å². The molecule has 7 amide bonds. The first-order valence-electron chi connectivity index (χ1n) is 18.3. The van der Waals surface area contributed by atoms with Crippen molar-refractivity contribution in [3.8, 4) is 5.75 Å². The van der Waals surface area contributed by atoms with Crippen molar-refractivity contribution >= 4 is 53.3 Å². The number of nitrogens with two attached hydrogens (primary N) is 4. The van der Waals surface area contributed by atoms with Crippen LogP contribution in [0.3, 0.4) is 0 Å². The number of aliphatic hydroxyl groups is 1. The maximum atomic E-state index is 14.0. The number of carboxylic acid groups (broad SMARTS) is 1. The standard InChI is InChI=1S/C35H53N13O11/c1-17(2)28(34(58)59)48-27(52)14-42-30(54)23(10-18-5-7-20(50)8-6-18)46-31(55)22(4-3-9-41-35(38)39)44-32(56)24(11-19-13-40-16-43-19)47-33(57)25(12-26(37)51)45-29(53)21(36)15-49/h5-8,13,16-17,21-25,28,49-50H,3-4,9-12,14-15,36H2,1-2H3,(H2,37,51)(H,40,43)(H,42,54)(H,44,56)(H,45,53)(H,46,55)(H,47,57)(H,48,52)(H,58,59)(H4,38,39,41)/t21-,22-,23-,24-,25-,28-/m0/s1. The number of primary amides is 1. The second-order valence-corrected chi connectivity index (χ2v) is 13.6. The number of carbonyl (C=O) groups is 8. The van der Waals surface area contributed by atoms with E-state index in [1.807, 2.05) is 0 Å². The van der Waals surface area contributed by atoms with E-state index in [1.54, 1.807) is 13.8 Å². The van der Waals surface area contributed by atoms with Gasteiger partial charge >= 0.3 is 5.97 Å². The molecule has 1 aromatic carbocycles. The van der Waals surface area contributed by atoms with Crippen molar-refractivity contribution in [3.05, 3.63) is 48.0 Å². The number of aromatic amines is 1. The maximum absolute atomic E-state index is 14.0. The number of guanidine groups is 1. The Hall–Kier alpha value is -6.82. The number of carbonyl (C=O) groups excluding carboxylic acids is 7. The molecule has 0 aliphatic rings. The quantitative estimate of drug-likeness (QED) is 0.0252. The van der Waals surface area contributed by atoms with Gasteiger partial charge in [0.25, 0.3) is 0 Å². The Morgan fingerprint density at radius 2 is 1.37 bits per heavy atom. The van der Waals surface area contributed by atoms with Crippen LogP contribution in [0.5, 0.6) is 5.75 Å². The van der Waals surface area contributed by atoms with Crippen molar-refractivity contribution in [1.29, 1.82) is 0 Å². The van der Waals surface area contributed by atoms with Crippen LogP contribution in [0, 0.1) is 5.92 Å². The highest BCUT2D eigenvalue weighted by Gasteiger charge is 2.33. The molecule has 59 heavy (non-hydrogen) atoms. The molecule has 324 valence electrons. The number of aromatic nitrogens is 2. The van der Waals surface area contributed by atoms with Gasteiger partial charge in [0.15, 0.2) is 5.96 Å². The summed E-state index contributed by atoms with van der Waals surface area (Å²) in [7, 11) is 0. The Morgan fingerprint density at radius 1 is 0.797 bits per heavy atom. The van der Waals surface area contributed by atoms with Crippen LogP contribution in [0.25, 0.3) is 0 Å². The number of benzene rings is 1. The second-order valence-electron chi connectivity index (χ2n) is 13.6. The van der Waals surface area contributed by atoms with Gasteiger partial charge in [-0.1, -0.05) is 26.0 Å². The maximum Gasteiger partial charge on any atom is 0.326 e. The summed E-state index contributed by atoms with van der Waals surface area (Å²) in [4.78, 5) is 114. The van der Waals surface area contributed by atoms with Crippen LogP contribution >= 0.6 is 0 Å². The topological polar surface area (TPSA) is 415 Å². The predicted molar refractivity (Wildman–Crippen MR) is 208 cm³/mol. The molecule has 0 fully saturated rings. The number of aliphatic carboxylic acids is 1. The fourth-order valence-corrected chi connectivity index (χ4v) is 5.29. The molecular formula is C35H53N13O11. The van der Waals surface area contributed by atoms with Gasteiger partial charge in [0, 0.05) is 31.3 Å². The number of hydrogen-bond acceptors (Lipinski definition) is 13. The van der Waals surface area contributed by atoms with E-state index in [0.717, 1.165) is 0 Å². The van der Waals surface area contributed by atoms with E-state index in [0.29, 0.717) is 11.3 Å². The summed E-state index contributed by atoms with van der Waals surface area (Å²) >= 11 is 0. The fraction of sp³-hybridized carbons (Fsp3) is 0.486. The smallest absolute Gasteiger partial charge is 0.326 e. The van der Waals surface area contributed by atoms with Crippen LogP contribution in [0.4, 0.5) is 0 Å². The van der Waals surface area contributed by atoms with Crippen LogP contribution in [0.15, 0.2) is 41.8 Å². The summed E-state index contributed by atoms with van der Waals surface area (Å²) in [5, 5.41) is 42.9. The van der Waals surface area contributed by atoms with Crippen molar-refractivity contribution in [2.24, 2.45) is 33.8 Å². The molecule has 2 aromatic rings. The third-order valence-electron chi connectivity index (χ3n) is 8.44. The molecule has 6 atom stereocenters. The molecule has 0 saturated heterocycles. The van der Waals surface area contributed by atoms with Gasteiger partial charge in [0.1, 0.15) is 42.0 Å². The summed E-state index contributed by atoms with van der Waals surface area (Å²) < 4.78 is 0. The lowest BCUT2D eigenvalue weighted by molar-refractivity contribution is -0.143.